The first-order chi connectivity index (χ1) is 16.5. The Kier molecular flexibility index (Phi) is 7.68. The van der Waals surface area contributed by atoms with Crippen LogP contribution in [-0.2, 0) is 0 Å². The average Bonchev–Trinajstić information content (AvgIpc) is 3.12. The van der Waals surface area contributed by atoms with Gasteiger partial charge in [-0.2, -0.15) is 0 Å². The van der Waals surface area contributed by atoms with Gasteiger partial charge in [0.1, 0.15) is 11.3 Å². The predicted molar refractivity (Wildman–Crippen MR) is 134 cm³/mol. The summed E-state index contributed by atoms with van der Waals surface area (Å²) in [5.74, 6) is -0.0421. The fourth-order valence-electron chi connectivity index (χ4n) is 4.80. The van der Waals surface area contributed by atoms with E-state index in [0.29, 0.717) is 28.6 Å². The van der Waals surface area contributed by atoms with Crippen LogP contribution in [0.15, 0.2) is 57.7 Å². The van der Waals surface area contributed by atoms with Gasteiger partial charge in [-0.1, -0.05) is 51.0 Å². The summed E-state index contributed by atoms with van der Waals surface area (Å²) in [5, 5.41) is 10.6. The molecule has 6 heteroatoms. The lowest BCUT2D eigenvalue weighted by molar-refractivity contribution is 0.0719. The summed E-state index contributed by atoms with van der Waals surface area (Å²) in [7, 11) is 0. The Bertz CT molecular complexity index is 1190. The van der Waals surface area contributed by atoms with Gasteiger partial charge in [0.25, 0.3) is 5.91 Å². The van der Waals surface area contributed by atoms with Crippen LogP contribution in [0.25, 0.3) is 11.0 Å². The molecular formula is C28H34N2O4. The molecule has 1 atom stereocenters. The second-order valence-electron chi connectivity index (χ2n) is 9.07. The molecule has 1 amide bonds. The van der Waals surface area contributed by atoms with Gasteiger partial charge in [-0.15, -0.1) is 0 Å². The maximum atomic E-state index is 13.5. The van der Waals surface area contributed by atoms with E-state index in [1.165, 1.54) is 0 Å². The molecule has 1 aromatic heterocycles. The third-order valence-electron chi connectivity index (χ3n) is 6.59. The van der Waals surface area contributed by atoms with E-state index in [2.05, 4.69) is 18.7 Å². The van der Waals surface area contributed by atoms with E-state index in [0.717, 1.165) is 51.7 Å². The lowest BCUT2D eigenvalue weighted by Gasteiger charge is -2.27. The molecule has 0 saturated heterocycles. The Morgan fingerprint density at radius 1 is 0.941 bits per heavy atom. The lowest BCUT2D eigenvalue weighted by atomic mass is 9.98. The molecule has 4 rings (SSSR count). The van der Waals surface area contributed by atoms with Crippen molar-refractivity contribution in [3.8, 4) is 5.75 Å². The first kappa shape index (κ1) is 24.0. The van der Waals surface area contributed by atoms with Crippen molar-refractivity contribution < 1.29 is 14.3 Å². The number of para-hydroxylation sites is 1. The van der Waals surface area contributed by atoms with Crippen LogP contribution in [0.5, 0.6) is 5.75 Å². The lowest BCUT2D eigenvalue weighted by Crippen LogP contribution is -2.34. The topological polar surface area (TPSA) is 74.0 Å². The molecule has 1 unspecified atom stereocenters. The number of carbonyl (C=O) groups is 1. The number of hydrogen-bond acceptors (Lipinski definition) is 5. The SMILES string of the molecule is CCCCN(CCCC)CCCN1C(=O)c2oc3ccccc3c(=O)c2C1c1cccc(O)c1. The van der Waals surface area contributed by atoms with Crippen LogP contribution in [0.1, 0.15) is 73.7 Å². The summed E-state index contributed by atoms with van der Waals surface area (Å²) in [5.41, 5.74) is 1.31. The summed E-state index contributed by atoms with van der Waals surface area (Å²) in [6.45, 7) is 7.93. The number of phenols is 1. The monoisotopic (exact) mass is 462 g/mol. The zero-order valence-electron chi connectivity index (χ0n) is 20.1. The summed E-state index contributed by atoms with van der Waals surface area (Å²) in [6, 6.07) is 13.3. The van der Waals surface area contributed by atoms with Crippen molar-refractivity contribution in [2.24, 2.45) is 0 Å². The van der Waals surface area contributed by atoms with Gasteiger partial charge in [0.05, 0.1) is 17.0 Å². The van der Waals surface area contributed by atoms with Crippen molar-refractivity contribution >= 4 is 16.9 Å². The summed E-state index contributed by atoms with van der Waals surface area (Å²) >= 11 is 0. The van der Waals surface area contributed by atoms with E-state index in [4.69, 9.17) is 4.42 Å². The number of aromatic hydroxyl groups is 1. The van der Waals surface area contributed by atoms with Crippen LogP contribution < -0.4 is 5.43 Å². The summed E-state index contributed by atoms with van der Waals surface area (Å²) in [6.07, 6.45) is 5.44. The third-order valence-corrected chi connectivity index (χ3v) is 6.59. The van der Waals surface area contributed by atoms with Gasteiger partial charge in [-0.25, -0.2) is 0 Å². The van der Waals surface area contributed by atoms with Gasteiger partial charge in [0.15, 0.2) is 5.43 Å². The Morgan fingerprint density at radius 2 is 1.65 bits per heavy atom. The van der Waals surface area contributed by atoms with Crippen molar-refractivity contribution in [2.75, 3.05) is 26.2 Å². The molecule has 1 N–H and O–H groups in total. The smallest absolute Gasteiger partial charge is 0.290 e. The second-order valence-corrected chi connectivity index (χ2v) is 9.07. The highest BCUT2D eigenvalue weighted by molar-refractivity contribution is 5.99. The second kappa shape index (κ2) is 10.9. The van der Waals surface area contributed by atoms with Gasteiger partial charge >= 0.3 is 0 Å². The highest BCUT2D eigenvalue weighted by atomic mass is 16.3. The Hall–Kier alpha value is -3.12. The maximum absolute atomic E-state index is 13.5. The minimum atomic E-state index is -0.574. The van der Waals surface area contributed by atoms with Crippen LogP contribution in [0.4, 0.5) is 0 Å². The molecule has 1 aliphatic heterocycles. The molecule has 3 aromatic rings. The molecule has 0 bridgehead atoms. The number of nitrogens with zero attached hydrogens (tertiary/aromatic N) is 2. The van der Waals surface area contributed by atoms with Crippen molar-refractivity contribution in [3.63, 3.8) is 0 Å². The summed E-state index contributed by atoms with van der Waals surface area (Å²) in [4.78, 5) is 31.2. The number of amides is 1. The molecular weight excluding hydrogens is 428 g/mol. The molecule has 0 aliphatic carbocycles. The Labute approximate surface area is 200 Å². The van der Waals surface area contributed by atoms with Crippen LogP contribution in [0.2, 0.25) is 0 Å². The molecule has 2 heterocycles. The van der Waals surface area contributed by atoms with Crippen LogP contribution >= 0.6 is 0 Å². The minimum Gasteiger partial charge on any atom is -0.508 e. The summed E-state index contributed by atoms with van der Waals surface area (Å²) < 4.78 is 5.98. The normalized spacial score (nSPS) is 15.4. The fraction of sp³-hybridized carbons (Fsp3) is 0.429. The highest BCUT2D eigenvalue weighted by Gasteiger charge is 2.42. The Morgan fingerprint density at radius 3 is 2.35 bits per heavy atom. The number of unbranched alkanes of at least 4 members (excludes halogenated alkanes) is 2. The average molecular weight is 463 g/mol. The molecule has 180 valence electrons. The molecule has 2 aromatic carbocycles. The van der Waals surface area contributed by atoms with Crippen molar-refractivity contribution in [1.29, 1.82) is 0 Å². The van der Waals surface area contributed by atoms with E-state index in [-0.39, 0.29) is 22.8 Å². The molecule has 0 radical (unpaired) electrons. The molecule has 1 aliphatic rings. The molecule has 0 saturated carbocycles. The van der Waals surface area contributed by atoms with Crippen molar-refractivity contribution in [2.45, 2.75) is 52.0 Å². The first-order valence-electron chi connectivity index (χ1n) is 12.4. The zero-order chi connectivity index (χ0) is 24.1. The molecule has 0 fully saturated rings. The predicted octanol–water partition coefficient (Wildman–Crippen LogP) is 5.34. The Balaban J connectivity index is 1.65. The van der Waals surface area contributed by atoms with E-state index >= 15 is 0 Å². The fourth-order valence-corrected chi connectivity index (χ4v) is 4.80. The molecule has 6 nitrogen and oxygen atoms in total. The van der Waals surface area contributed by atoms with Gasteiger partial charge in [0, 0.05) is 6.54 Å². The van der Waals surface area contributed by atoms with Crippen LogP contribution in [0.3, 0.4) is 0 Å². The number of fused-ring (bicyclic) bond motifs is 2. The number of hydrogen-bond donors (Lipinski definition) is 1. The van der Waals surface area contributed by atoms with Gasteiger partial charge in [-0.05, 0) is 68.7 Å². The number of rotatable bonds is 11. The maximum Gasteiger partial charge on any atom is 0.290 e. The number of benzene rings is 2. The quantitative estimate of drug-likeness (QED) is 0.417. The molecule has 34 heavy (non-hydrogen) atoms. The van der Waals surface area contributed by atoms with Crippen LogP contribution in [0, 0.1) is 0 Å². The zero-order valence-corrected chi connectivity index (χ0v) is 20.1. The van der Waals surface area contributed by atoms with E-state index < -0.39 is 6.04 Å². The largest absolute Gasteiger partial charge is 0.508 e. The van der Waals surface area contributed by atoms with Crippen LogP contribution in [-0.4, -0.2) is 47.0 Å². The molecule has 0 spiro atoms. The van der Waals surface area contributed by atoms with E-state index in [9.17, 15) is 14.7 Å². The first-order valence-corrected chi connectivity index (χ1v) is 12.4. The van der Waals surface area contributed by atoms with E-state index in [1.54, 1.807) is 47.4 Å². The van der Waals surface area contributed by atoms with E-state index in [1.807, 2.05) is 6.07 Å². The van der Waals surface area contributed by atoms with Gasteiger partial charge in [0.2, 0.25) is 5.76 Å². The highest BCUT2D eigenvalue weighted by Crippen LogP contribution is 2.38. The standard InChI is InChI=1S/C28H34N2O4/c1-3-5-15-29(16-6-4-2)17-10-18-30-25(20-11-9-12-21(31)19-20)24-26(32)22-13-7-8-14-23(22)34-27(24)28(30)33/h7-9,11-14,19,25,31H,3-6,10,15-18H2,1-2H3. The third kappa shape index (κ3) is 4.87. The minimum absolute atomic E-state index is 0.105. The number of phenolic OH excluding ortho intramolecular Hbond substituents is 1. The number of carbonyl (C=O) groups excluding carboxylic acids is 1. The van der Waals surface area contributed by atoms with Gasteiger partial charge in [-0.3, -0.25) is 9.59 Å². The van der Waals surface area contributed by atoms with Crippen molar-refractivity contribution in [1.82, 2.24) is 9.80 Å². The van der Waals surface area contributed by atoms with Gasteiger partial charge < -0.3 is 19.3 Å². The van der Waals surface area contributed by atoms with Crippen molar-refractivity contribution in [3.05, 3.63) is 75.6 Å².